The lowest BCUT2D eigenvalue weighted by molar-refractivity contribution is -0.144. The van der Waals surface area contributed by atoms with E-state index in [0.29, 0.717) is 5.92 Å². The van der Waals surface area contributed by atoms with Crippen LogP contribution in [0.15, 0.2) is 30.3 Å². The van der Waals surface area contributed by atoms with E-state index in [-0.39, 0.29) is 6.04 Å². The van der Waals surface area contributed by atoms with Crippen LogP contribution in [0, 0.1) is 5.92 Å². The number of likely N-dealkylation sites (N-methyl/N-ethyl adjacent to an activating group) is 1. The summed E-state index contributed by atoms with van der Waals surface area (Å²) in [5.41, 5.74) is 0.836. The van der Waals surface area contributed by atoms with Crippen molar-refractivity contribution in [1.82, 2.24) is 4.90 Å². The van der Waals surface area contributed by atoms with Crippen molar-refractivity contribution in [3.8, 4) is 0 Å². The SMILES string of the molecule is CC(C)CC(C)N(C)C(C(=O)O)c1ccccc1. The van der Waals surface area contributed by atoms with Gasteiger partial charge in [0.1, 0.15) is 6.04 Å². The molecule has 0 bridgehead atoms. The molecule has 1 rings (SSSR count). The van der Waals surface area contributed by atoms with E-state index in [1.165, 1.54) is 0 Å². The van der Waals surface area contributed by atoms with Crippen molar-refractivity contribution in [2.75, 3.05) is 7.05 Å². The molecular weight excluding hydrogens is 226 g/mol. The molecule has 0 aliphatic heterocycles. The summed E-state index contributed by atoms with van der Waals surface area (Å²) in [6.45, 7) is 6.39. The van der Waals surface area contributed by atoms with Crippen molar-refractivity contribution in [2.45, 2.75) is 39.3 Å². The summed E-state index contributed by atoms with van der Waals surface area (Å²) >= 11 is 0. The first-order valence-electron chi connectivity index (χ1n) is 6.43. The maximum absolute atomic E-state index is 11.5. The van der Waals surface area contributed by atoms with E-state index in [4.69, 9.17) is 0 Å². The van der Waals surface area contributed by atoms with Crippen LogP contribution in [0.3, 0.4) is 0 Å². The van der Waals surface area contributed by atoms with Gasteiger partial charge in [0, 0.05) is 6.04 Å². The highest BCUT2D eigenvalue weighted by atomic mass is 16.4. The summed E-state index contributed by atoms with van der Waals surface area (Å²) in [6, 6.07) is 9.08. The van der Waals surface area contributed by atoms with Crippen LogP contribution < -0.4 is 0 Å². The van der Waals surface area contributed by atoms with Gasteiger partial charge in [-0.15, -0.1) is 0 Å². The number of hydrogen-bond acceptors (Lipinski definition) is 2. The first-order chi connectivity index (χ1) is 8.43. The van der Waals surface area contributed by atoms with Gasteiger partial charge in [-0.1, -0.05) is 44.2 Å². The van der Waals surface area contributed by atoms with Crippen molar-refractivity contribution in [1.29, 1.82) is 0 Å². The number of benzene rings is 1. The van der Waals surface area contributed by atoms with Crippen LogP contribution >= 0.6 is 0 Å². The van der Waals surface area contributed by atoms with Crippen LogP contribution in [0.1, 0.15) is 38.8 Å². The quantitative estimate of drug-likeness (QED) is 0.841. The average Bonchev–Trinajstić information content (AvgIpc) is 2.29. The van der Waals surface area contributed by atoms with Gasteiger partial charge in [0.05, 0.1) is 0 Å². The molecule has 2 atom stereocenters. The van der Waals surface area contributed by atoms with Gasteiger partial charge in [-0.25, -0.2) is 0 Å². The van der Waals surface area contributed by atoms with E-state index in [1.807, 2.05) is 42.3 Å². The van der Waals surface area contributed by atoms with E-state index in [9.17, 15) is 9.90 Å². The molecule has 0 aliphatic rings. The summed E-state index contributed by atoms with van der Waals surface area (Å²) in [4.78, 5) is 13.4. The number of carbonyl (C=O) groups is 1. The van der Waals surface area contributed by atoms with Gasteiger partial charge in [0.15, 0.2) is 0 Å². The third-order valence-electron chi connectivity index (χ3n) is 3.26. The molecule has 3 heteroatoms. The zero-order valence-corrected chi connectivity index (χ0v) is 11.6. The van der Waals surface area contributed by atoms with Gasteiger partial charge in [-0.3, -0.25) is 9.69 Å². The molecule has 100 valence electrons. The number of hydrogen-bond donors (Lipinski definition) is 1. The second-order valence-electron chi connectivity index (χ2n) is 5.30. The fraction of sp³-hybridized carbons (Fsp3) is 0.533. The van der Waals surface area contributed by atoms with Crippen LogP contribution in [-0.4, -0.2) is 29.1 Å². The molecule has 0 spiro atoms. The Labute approximate surface area is 109 Å². The monoisotopic (exact) mass is 249 g/mol. The Morgan fingerprint density at radius 2 is 1.78 bits per heavy atom. The van der Waals surface area contributed by atoms with Crippen LogP contribution in [0.25, 0.3) is 0 Å². The molecule has 0 aliphatic carbocycles. The van der Waals surface area contributed by atoms with Gasteiger partial charge in [-0.05, 0) is 31.9 Å². The molecular formula is C15H23NO2. The molecule has 2 unspecified atom stereocenters. The van der Waals surface area contributed by atoms with Crippen molar-refractivity contribution in [3.05, 3.63) is 35.9 Å². The van der Waals surface area contributed by atoms with Crippen molar-refractivity contribution < 1.29 is 9.90 Å². The minimum absolute atomic E-state index is 0.242. The molecule has 0 saturated carbocycles. The highest BCUT2D eigenvalue weighted by molar-refractivity contribution is 5.75. The lowest BCUT2D eigenvalue weighted by Gasteiger charge is -2.31. The fourth-order valence-corrected chi connectivity index (χ4v) is 2.29. The zero-order valence-electron chi connectivity index (χ0n) is 11.6. The molecule has 1 aromatic rings. The second-order valence-corrected chi connectivity index (χ2v) is 5.30. The molecule has 0 heterocycles. The fourth-order valence-electron chi connectivity index (χ4n) is 2.29. The molecule has 18 heavy (non-hydrogen) atoms. The molecule has 0 amide bonds. The molecule has 0 aromatic heterocycles. The van der Waals surface area contributed by atoms with E-state index >= 15 is 0 Å². The molecule has 1 aromatic carbocycles. The number of carboxylic acid groups (broad SMARTS) is 1. The van der Waals surface area contributed by atoms with E-state index in [1.54, 1.807) is 0 Å². The number of aliphatic carboxylic acids is 1. The highest BCUT2D eigenvalue weighted by Gasteiger charge is 2.27. The Bertz CT molecular complexity index is 375. The summed E-state index contributed by atoms with van der Waals surface area (Å²) < 4.78 is 0. The maximum atomic E-state index is 11.5. The van der Waals surface area contributed by atoms with Crippen LogP contribution in [0.4, 0.5) is 0 Å². The summed E-state index contributed by atoms with van der Waals surface area (Å²) in [6.07, 6.45) is 0.993. The summed E-state index contributed by atoms with van der Waals surface area (Å²) in [7, 11) is 1.89. The van der Waals surface area contributed by atoms with E-state index in [0.717, 1.165) is 12.0 Å². The topological polar surface area (TPSA) is 40.5 Å². The molecule has 1 N–H and O–H groups in total. The van der Waals surface area contributed by atoms with Crippen LogP contribution in [-0.2, 0) is 4.79 Å². The van der Waals surface area contributed by atoms with Gasteiger partial charge in [0.2, 0.25) is 0 Å². The smallest absolute Gasteiger partial charge is 0.325 e. The third kappa shape index (κ3) is 3.84. The number of carboxylic acids is 1. The number of rotatable bonds is 6. The molecule has 0 saturated heterocycles. The normalized spacial score (nSPS) is 14.8. The minimum Gasteiger partial charge on any atom is -0.480 e. The van der Waals surface area contributed by atoms with Gasteiger partial charge in [0.25, 0.3) is 0 Å². The van der Waals surface area contributed by atoms with Crippen molar-refractivity contribution in [2.24, 2.45) is 5.92 Å². The largest absolute Gasteiger partial charge is 0.480 e. The van der Waals surface area contributed by atoms with Crippen molar-refractivity contribution in [3.63, 3.8) is 0 Å². The molecule has 3 nitrogen and oxygen atoms in total. The maximum Gasteiger partial charge on any atom is 0.325 e. The third-order valence-corrected chi connectivity index (χ3v) is 3.26. The highest BCUT2D eigenvalue weighted by Crippen LogP contribution is 2.24. The van der Waals surface area contributed by atoms with Gasteiger partial charge >= 0.3 is 5.97 Å². The Morgan fingerprint density at radius 3 is 2.22 bits per heavy atom. The average molecular weight is 249 g/mol. The predicted octanol–water partition coefficient (Wildman–Crippen LogP) is 3.18. The lowest BCUT2D eigenvalue weighted by atomic mass is 10.00. The van der Waals surface area contributed by atoms with Gasteiger partial charge in [-0.2, -0.15) is 0 Å². The first kappa shape index (κ1) is 14.7. The minimum atomic E-state index is -0.792. The summed E-state index contributed by atoms with van der Waals surface area (Å²) in [5.74, 6) is -0.230. The number of nitrogens with zero attached hydrogens (tertiary/aromatic N) is 1. The Hall–Kier alpha value is -1.35. The van der Waals surface area contributed by atoms with Crippen molar-refractivity contribution >= 4 is 5.97 Å². The Kier molecular flexibility index (Phi) is 5.35. The van der Waals surface area contributed by atoms with E-state index in [2.05, 4.69) is 20.8 Å². The summed E-state index contributed by atoms with van der Waals surface area (Å²) in [5, 5.41) is 9.44. The van der Waals surface area contributed by atoms with Crippen LogP contribution in [0.2, 0.25) is 0 Å². The Balaban J connectivity index is 2.89. The molecule has 0 radical (unpaired) electrons. The standard InChI is InChI=1S/C15H23NO2/c1-11(2)10-12(3)16(4)14(15(17)18)13-8-6-5-7-9-13/h5-9,11-12,14H,10H2,1-4H3,(H,17,18). The van der Waals surface area contributed by atoms with Gasteiger partial charge < -0.3 is 5.11 Å². The lowest BCUT2D eigenvalue weighted by Crippen LogP contribution is -2.38. The Morgan fingerprint density at radius 1 is 1.22 bits per heavy atom. The molecule has 0 fully saturated rings. The van der Waals surface area contributed by atoms with E-state index < -0.39 is 12.0 Å². The predicted molar refractivity (Wildman–Crippen MR) is 73.5 cm³/mol. The van der Waals surface area contributed by atoms with Crippen LogP contribution in [0.5, 0.6) is 0 Å². The zero-order chi connectivity index (χ0) is 13.7. The second kappa shape index (κ2) is 6.55. The first-order valence-corrected chi connectivity index (χ1v) is 6.43.